The van der Waals surface area contributed by atoms with Gasteiger partial charge >= 0.3 is 0 Å². The minimum absolute atomic E-state index is 0.119. The Kier molecular flexibility index (Phi) is 2.37. The fourth-order valence-electron chi connectivity index (χ4n) is 0.522. The molecule has 3 N–H and O–H groups in total. The molecule has 0 aliphatic rings. The summed E-state index contributed by atoms with van der Waals surface area (Å²) in [6, 6.07) is 0. The number of nitrogens with one attached hydrogen (secondary N) is 2. The SMILES string of the molecule is CC(C)C(O)Nc1nn[nH]n1. The summed E-state index contributed by atoms with van der Waals surface area (Å²) in [5.41, 5.74) is 0. The average Bonchev–Trinajstić information content (AvgIpc) is 2.39. The Morgan fingerprint density at radius 3 is 2.73 bits per heavy atom. The minimum atomic E-state index is -0.632. The molecule has 6 heteroatoms. The van der Waals surface area contributed by atoms with Gasteiger partial charge in [0.15, 0.2) is 0 Å². The van der Waals surface area contributed by atoms with Gasteiger partial charge in [-0.05, 0) is 11.1 Å². The van der Waals surface area contributed by atoms with Crippen LogP contribution >= 0.6 is 0 Å². The number of hydrogen-bond acceptors (Lipinski definition) is 5. The molecule has 0 aliphatic carbocycles. The molecule has 1 aromatic heterocycles. The zero-order valence-electron chi connectivity index (χ0n) is 6.44. The molecule has 0 fully saturated rings. The number of aromatic amines is 1. The Bertz CT molecular complexity index is 197. The number of aromatic nitrogens is 4. The zero-order valence-corrected chi connectivity index (χ0v) is 6.44. The van der Waals surface area contributed by atoms with E-state index >= 15 is 0 Å². The Morgan fingerprint density at radius 1 is 1.55 bits per heavy atom. The molecule has 0 saturated carbocycles. The van der Waals surface area contributed by atoms with E-state index in [0.717, 1.165) is 0 Å². The molecule has 0 bridgehead atoms. The highest BCUT2D eigenvalue weighted by atomic mass is 16.3. The summed E-state index contributed by atoms with van der Waals surface area (Å²) >= 11 is 0. The maximum atomic E-state index is 9.27. The second-order valence-electron chi connectivity index (χ2n) is 2.57. The van der Waals surface area contributed by atoms with Crippen molar-refractivity contribution in [3.05, 3.63) is 0 Å². The summed E-state index contributed by atoms with van der Waals surface area (Å²) in [6.07, 6.45) is -0.632. The quantitative estimate of drug-likeness (QED) is 0.519. The fourth-order valence-corrected chi connectivity index (χ4v) is 0.522. The van der Waals surface area contributed by atoms with Gasteiger partial charge in [-0.3, -0.25) is 0 Å². The minimum Gasteiger partial charge on any atom is -0.373 e. The molecule has 1 aromatic rings. The monoisotopic (exact) mass is 157 g/mol. The molecule has 6 nitrogen and oxygen atoms in total. The van der Waals surface area contributed by atoms with Gasteiger partial charge in [0, 0.05) is 0 Å². The van der Waals surface area contributed by atoms with Gasteiger partial charge in [0.2, 0.25) is 0 Å². The summed E-state index contributed by atoms with van der Waals surface area (Å²) in [7, 11) is 0. The highest BCUT2D eigenvalue weighted by molar-refractivity contribution is 5.19. The van der Waals surface area contributed by atoms with Crippen LogP contribution in [0.4, 0.5) is 5.95 Å². The van der Waals surface area contributed by atoms with Crippen LogP contribution in [-0.2, 0) is 0 Å². The number of hydrogen-bond donors (Lipinski definition) is 3. The van der Waals surface area contributed by atoms with Crippen LogP contribution in [0.25, 0.3) is 0 Å². The van der Waals surface area contributed by atoms with Gasteiger partial charge in [-0.15, -0.1) is 5.10 Å². The summed E-state index contributed by atoms with van der Waals surface area (Å²) in [4.78, 5) is 0. The molecule has 1 heterocycles. The third kappa shape index (κ3) is 2.15. The second kappa shape index (κ2) is 3.29. The van der Waals surface area contributed by atoms with E-state index in [1.165, 1.54) is 0 Å². The summed E-state index contributed by atoms with van der Waals surface area (Å²) in [6.45, 7) is 3.77. The standard InChI is InChI=1S/C5H11N5O/c1-3(2)4(11)6-5-7-9-10-8-5/h3-4,11H,1-2H3,(H2,6,7,8,9,10). The van der Waals surface area contributed by atoms with E-state index in [9.17, 15) is 5.11 Å². The third-order valence-electron chi connectivity index (χ3n) is 1.25. The average molecular weight is 157 g/mol. The van der Waals surface area contributed by atoms with E-state index in [2.05, 4.69) is 25.9 Å². The van der Waals surface area contributed by atoms with Crippen molar-refractivity contribution in [3.63, 3.8) is 0 Å². The van der Waals surface area contributed by atoms with Crippen LogP contribution < -0.4 is 5.32 Å². The molecule has 62 valence electrons. The highest BCUT2D eigenvalue weighted by Gasteiger charge is 2.09. The first-order chi connectivity index (χ1) is 5.20. The normalized spacial score (nSPS) is 13.5. The largest absolute Gasteiger partial charge is 0.373 e. The van der Waals surface area contributed by atoms with E-state index in [0.29, 0.717) is 5.95 Å². The maximum Gasteiger partial charge on any atom is 0.265 e. The van der Waals surface area contributed by atoms with E-state index in [1.54, 1.807) is 0 Å². The van der Waals surface area contributed by atoms with Gasteiger partial charge in [-0.25, -0.2) is 0 Å². The van der Waals surface area contributed by atoms with Crippen LogP contribution in [0.2, 0.25) is 0 Å². The smallest absolute Gasteiger partial charge is 0.265 e. The number of aliphatic hydroxyl groups is 1. The van der Waals surface area contributed by atoms with E-state index in [-0.39, 0.29) is 5.92 Å². The van der Waals surface area contributed by atoms with Crippen molar-refractivity contribution in [1.29, 1.82) is 0 Å². The van der Waals surface area contributed by atoms with E-state index < -0.39 is 6.23 Å². The molecule has 0 aliphatic heterocycles. The zero-order chi connectivity index (χ0) is 8.27. The lowest BCUT2D eigenvalue weighted by Crippen LogP contribution is -2.25. The molecule has 1 atom stereocenters. The van der Waals surface area contributed by atoms with Crippen molar-refractivity contribution < 1.29 is 5.11 Å². The van der Waals surface area contributed by atoms with Crippen LogP contribution in [0.3, 0.4) is 0 Å². The Balaban J connectivity index is 2.43. The van der Waals surface area contributed by atoms with Gasteiger partial charge < -0.3 is 10.4 Å². The van der Waals surface area contributed by atoms with Crippen molar-refractivity contribution in [3.8, 4) is 0 Å². The van der Waals surface area contributed by atoms with Gasteiger partial charge in [-0.1, -0.05) is 18.9 Å². The Hall–Kier alpha value is -1.17. The topological polar surface area (TPSA) is 86.7 Å². The first kappa shape index (κ1) is 7.93. The molecule has 0 amide bonds. The van der Waals surface area contributed by atoms with Crippen molar-refractivity contribution in [2.24, 2.45) is 5.92 Å². The number of nitrogens with zero attached hydrogens (tertiary/aromatic N) is 3. The molecule has 0 spiro atoms. The lowest BCUT2D eigenvalue weighted by molar-refractivity contribution is 0.152. The number of H-pyrrole nitrogens is 1. The Labute approximate surface area is 64.0 Å². The Morgan fingerprint density at radius 2 is 2.27 bits per heavy atom. The van der Waals surface area contributed by atoms with Gasteiger partial charge in [0.1, 0.15) is 6.23 Å². The molecule has 1 rings (SSSR count). The number of tetrazole rings is 1. The van der Waals surface area contributed by atoms with Crippen molar-refractivity contribution in [2.45, 2.75) is 20.1 Å². The van der Waals surface area contributed by atoms with E-state index in [4.69, 9.17) is 0 Å². The van der Waals surface area contributed by atoms with Crippen LogP contribution in [0.1, 0.15) is 13.8 Å². The number of rotatable bonds is 3. The predicted octanol–water partition coefficient (Wildman–Crippen LogP) is -0.414. The van der Waals surface area contributed by atoms with Crippen molar-refractivity contribution in [2.75, 3.05) is 5.32 Å². The van der Waals surface area contributed by atoms with Gasteiger partial charge in [0.25, 0.3) is 5.95 Å². The number of aliphatic hydroxyl groups excluding tert-OH is 1. The first-order valence-corrected chi connectivity index (χ1v) is 3.38. The van der Waals surface area contributed by atoms with Crippen LogP contribution in [0, 0.1) is 5.92 Å². The second-order valence-corrected chi connectivity index (χ2v) is 2.57. The molecule has 11 heavy (non-hydrogen) atoms. The van der Waals surface area contributed by atoms with Gasteiger partial charge in [0.05, 0.1) is 0 Å². The van der Waals surface area contributed by atoms with Crippen LogP contribution in [0.15, 0.2) is 0 Å². The lowest BCUT2D eigenvalue weighted by Gasteiger charge is -2.13. The molecule has 0 radical (unpaired) electrons. The fraction of sp³-hybridized carbons (Fsp3) is 0.800. The molecule has 0 saturated heterocycles. The molecular formula is C5H11N5O. The lowest BCUT2D eigenvalue weighted by atomic mass is 10.2. The molecular weight excluding hydrogens is 146 g/mol. The molecule has 1 unspecified atom stereocenters. The number of anilines is 1. The van der Waals surface area contributed by atoms with Crippen LogP contribution in [0.5, 0.6) is 0 Å². The molecule has 0 aromatic carbocycles. The summed E-state index contributed by atoms with van der Waals surface area (Å²) in [5.74, 6) is 0.430. The van der Waals surface area contributed by atoms with Gasteiger partial charge in [-0.2, -0.15) is 5.21 Å². The maximum absolute atomic E-state index is 9.27. The van der Waals surface area contributed by atoms with E-state index in [1.807, 2.05) is 13.8 Å². The van der Waals surface area contributed by atoms with Crippen LogP contribution in [-0.4, -0.2) is 32.0 Å². The van der Waals surface area contributed by atoms with Crippen molar-refractivity contribution in [1.82, 2.24) is 20.6 Å². The first-order valence-electron chi connectivity index (χ1n) is 3.38. The summed E-state index contributed by atoms with van der Waals surface area (Å²) in [5, 5.41) is 24.8. The third-order valence-corrected chi connectivity index (χ3v) is 1.25. The summed E-state index contributed by atoms with van der Waals surface area (Å²) < 4.78 is 0. The van der Waals surface area contributed by atoms with Crippen molar-refractivity contribution >= 4 is 5.95 Å². The predicted molar refractivity (Wildman–Crippen MR) is 38.6 cm³/mol. The highest BCUT2D eigenvalue weighted by Crippen LogP contribution is 2.02.